The number of nitrogens with zero attached hydrogens (tertiary/aromatic N) is 1. The normalized spacial score (nSPS) is 14.7. The van der Waals surface area contributed by atoms with E-state index in [0.29, 0.717) is 32.5 Å². The van der Waals surface area contributed by atoms with E-state index in [9.17, 15) is 14.4 Å². The molecule has 0 saturated heterocycles. The van der Waals surface area contributed by atoms with Gasteiger partial charge in [-0.3, -0.25) is 9.59 Å². The van der Waals surface area contributed by atoms with Crippen LogP contribution >= 0.6 is 0 Å². The monoisotopic (exact) mass is 637 g/mol. The van der Waals surface area contributed by atoms with E-state index in [1.807, 2.05) is 98.8 Å². The zero-order chi connectivity index (χ0) is 33.2. The maximum absolute atomic E-state index is 14.1. The van der Waals surface area contributed by atoms with Crippen molar-refractivity contribution in [3.05, 3.63) is 114 Å². The Hall–Kier alpha value is -4.93. The van der Waals surface area contributed by atoms with E-state index in [1.54, 1.807) is 11.2 Å². The van der Waals surface area contributed by atoms with Gasteiger partial charge < -0.3 is 35.7 Å². The Labute approximate surface area is 275 Å². The van der Waals surface area contributed by atoms with Crippen LogP contribution in [0.2, 0.25) is 0 Å². The molecule has 0 aliphatic carbocycles. The van der Waals surface area contributed by atoms with E-state index >= 15 is 0 Å². The minimum absolute atomic E-state index is 0.121. The lowest BCUT2D eigenvalue weighted by Gasteiger charge is -2.29. The summed E-state index contributed by atoms with van der Waals surface area (Å²) in [7, 11) is 0. The minimum Gasteiger partial charge on any atom is -0.468 e. The van der Waals surface area contributed by atoms with Crippen LogP contribution in [0.4, 0.5) is 10.5 Å². The number of nitrogens with one attached hydrogen (secondary N) is 4. The molecule has 0 spiro atoms. The molecule has 4 aromatic rings. The number of rotatable bonds is 13. The second kappa shape index (κ2) is 15.6. The summed E-state index contributed by atoms with van der Waals surface area (Å²) in [5.41, 5.74) is 5.30. The number of fused-ring (bicyclic) bond motifs is 1. The Morgan fingerprint density at radius 3 is 2.47 bits per heavy atom. The zero-order valence-electron chi connectivity index (χ0n) is 26.9. The Kier molecular flexibility index (Phi) is 11.1. The molecule has 0 bridgehead atoms. The number of urea groups is 1. The van der Waals surface area contributed by atoms with Crippen molar-refractivity contribution in [2.75, 3.05) is 18.1 Å². The third-order valence-electron chi connectivity index (χ3n) is 8.27. The standard InChI is InChI=1S/C37H43N5O5/c1-37(2,40-24-30-10-7-21-47-30)22-34(44)41-32-18-17-28-8-4-6-12-33(28)42(35(32)45)25-26-13-15-27(16-14-26)31-11-5-3-9-29(31)23-39-36(46)38-19-20-43/h3-16,21,32,40,43H,17-20,22-25H2,1-2H3,(H,41,44)(H2,38,39,46)/t32-/m1/s1. The van der Waals surface area contributed by atoms with E-state index in [0.717, 1.165) is 39.3 Å². The highest BCUT2D eigenvalue weighted by Crippen LogP contribution is 2.30. The number of carbonyl (C=O) groups is 3. The minimum atomic E-state index is -0.649. The van der Waals surface area contributed by atoms with Crippen molar-refractivity contribution < 1.29 is 23.9 Å². The Bertz CT molecular complexity index is 1650. The molecule has 246 valence electrons. The fourth-order valence-corrected chi connectivity index (χ4v) is 5.80. The molecule has 0 radical (unpaired) electrons. The van der Waals surface area contributed by atoms with Crippen molar-refractivity contribution in [1.29, 1.82) is 0 Å². The largest absolute Gasteiger partial charge is 0.468 e. The van der Waals surface area contributed by atoms with Crippen molar-refractivity contribution in [1.82, 2.24) is 21.3 Å². The molecular formula is C37H43N5O5. The summed E-state index contributed by atoms with van der Waals surface area (Å²) in [6, 6.07) is 26.6. The van der Waals surface area contributed by atoms with Crippen LogP contribution in [0.5, 0.6) is 0 Å². The number of aliphatic hydroxyl groups is 1. The van der Waals surface area contributed by atoms with Gasteiger partial charge in [-0.25, -0.2) is 4.79 Å². The van der Waals surface area contributed by atoms with Gasteiger partial charge in [0.15, 0.2) is 0 Å². The van der Waals surface area contributed by atoms with Crippen LogP contribution in [-0.2, 0) is 35.6 Å². The molecule has 2 heterocycles. The molecule has 1 aromatic heterocycles. The van der Waals surface area contributed by atoms with Gasteiger partial charge >= 0.3 is 6.03 Å². The van der Waals surface area contributed by atoms with Crippen molar-refractivity contribution >= 4 is 23.5 Å². The lowest BCUT2D eigenvalue weighted by atomic mass is 9.98. The number of amides is 4. The fraction of sp³-hybridized carbons (Fsp3) is 0.324. The van der Waals surface area contributed by atoms with Crippen LogP contribution in [0.15, 0.2) is 95.6 Å². The summed E-state index contributed by atoms with van der Waals surface area (Å²) in [6.07, 6.45) is 3.01. The van der Waals surface area contributed by atoms with Gasteiger partial charge in [-0.05, 0) is 72.7 Å². The number of aliphatic hydroxyl groups excluding tert-OH is 1. The van der Waals surface area contributed by atoms with Gasteiger partial charge in [0, 0.05) is 30.7 Å². The average Bonchev–Trinajstić information content (AvgIpc) is 3.56. The van der Waals surface area contributed by atoms with Crippen molar-refractivity contribution in [2.45, 2.75) is 64.3 Å². The highest BCUT2D eigenvalue weighted by atomic mass is 16.3. The van der Waals surface area contributed by atoms with Gasteiger partial charge in [0.2, 0.25) is 11.8 Å². The molecule has 10 nitrogen and oxygen atoms in total. The third kappa shape index (κ3) is 9.08. The van der Waals surface area contributed by atoms with Crippen molar-refractivity contribution in [2.24, 2.45) is 0 Å². The molecule has 0 saturated carbocycles. The van der Waals surface area contributed by atoms with E-state index in [-0.39, 0.29) is 37.4 Å². The summed E-state index contributed by atoms with van der Waals surface area (Å²) in [5.74, 6) is 0.471. The molecule has 5 rings (SSSR count). The first-order valence-corrected chi connectivity index (χ1v) is 16.0. The van der Waals surface area contributed by atoms with E-state index in [4.69, 9.17) is 9.52 Å². The van der Waals surface area contributed by atoms with Gasteiger partial charge in [0.05, 0.1) is 26.0 Å². The fourth-order valence-electron chi connectivity index (χ4n) is 5.80. The zero-order valence-corrected chi connectivity index (χ0v) is 26.9. The molecule has 1 aliphatic heterocycles. The smallest absolute Gasteiger partial charge is 0.315 e. The number of hydrogen-bond donors (Lipinski definition) is 5. The Morgan fingerprint density at radius 2 is 1.70 bits per heavy atom. The molecular weight excluding hydrogens is 594 g/mol. The number of furan rings is 1. The lowest BCUT2D eigenvalue weighted by Crippen LogP contribution is -2.50. The molecule has 0 unspecified atom stereocenters. The van der Waals surface area contributed by atoms with Crippen LogP contribution in [0.1, 0.15) is 49.1 Å². The van der Waals surface area contributed by atoms with Gasteiger partial charge in [0.25, 0.3) is 0 Å². The molecule has 5 N–H and O–H groups in total. The number of anilines is 1. The summed E-state index contributed by atoms with van der Waals surface area (Å²) in [6.45, 7) is 5.18. The maximum atomic E-state index is 14.1. The molecule has 1 aliphatic rings. The van der Waals surface area contributed by atoms with Gasteiger partial charge in [-0.1, -0.05) is 66.7 Å². The average molecular weight is 638 g/mol. The molecule has 47 heavy (non-hydrogen) atoms. The summed E-state index contributed by atoms with van der Waals surface area (Å²) in [4.78, 5) is 41.1. The SMILES string of the molecule is CC(C)(CC(=O)N[C@@H]1CCc2ccccc2N(Cc2ccc(-c3ccccc3CNC(=O)NCCO)cc2)C1=O)NCc1ccco1. The predicted octanol–water partition coefficient (Wildman–Crippen LogP) is 4.66. The molecule has 4 amide bonds. The van der Waals surface area contributed by atoms with Crippen LogP contribution in [0, 0.1) is 0 Å². The number of para-hydroxylation sites is 1. The third-order valence-corrected chi connectivity index (χ3v) is 8.27. The second-order valence-corrected chi connectivity index (χ2v) is 12.4. The quantitative estimate of drug-likeness (QED) is 0.145. The van der Waals surface area contributed by atoms with E-state index in [1.165, 1.54) is 0 Å². The first-order chi connectivity index (χ1) is 22.7. The predicted molar refractivity (Wildman–Crippen MR) is 181 cm³/mol. The Morgan fingerprint density at radius 1 is 0.936 bits per heavy atom. The van der Waals surface area contributed by atoms with Gasteiger partial charge in [-0.15, -0.1) is 0 Å². The molecule has 10 heteroatoms. The van der Waals surface area contributed by atoms with Crippen LogP contribution in [-0.4, -0.2) is 47.7 Å². The van der Waals surface area contributed by atoms with Crippen LogP contribution in [0.25, 0.3) is 11.1 Å². The first kappa shape index (κ1) is 33.4. The number of carbonyl (C=O) groups excluding carboxylic acids is 3. The topological polar surface area (TPSA) is 136 Å². The highest BCUT2D eigenvalue weighted by Gasteiger charge is 2.32. The van der Waals surface area contributed by atoms with E-state index < -0.39 is 11.6 Å². The van der Waals surface area contributed by atoms with Gasteiger partial charge in [-0.2, -0.15) is 0 Å². The summed E-state index contributed by atoms with van der Waals surface area (Å²) < 4.78 is 5.40. The number of benzene rings is 3. The first-order valence-electron chi connectivity index (χ1n) is 16.0. The number of hydrogen-bond acceptors (Lipinski definition) is 6. The maximum Gasteiger partial charge on any atom is 0.315 e. The molecule has 0 fully saturated rings. The number of aryl methyl sites for hydroxylation is 1. The van der Waals surface area contributed by atoms with Gasteiger partial charge in [0.1, 0.15) is 11.8 Å². The van der Waals surface area contributed by atoms with Crippen LogP contribution in [0.3, 0.4) is 0 Å². The molecule has 3 aromatic carbocycles. The summed E-state index contributed by atoms with van der Waals surface area (Å²) in [5, 5.41) is 20.8. The Balaban J connectivity index is 1.27. The van der Waals surface area contributed by atoms with E-state index in [2.05, 4.69) is 21.3 Å². The highest BCUT2D eigenvalue weighted by molar-refractivity contribution is 6.00. The van der Waals surface area contributed by atoms with Crippen molar-refractivity contribution in [3.63, 3.8) is 0 Å². The lowest BCUT2D eigenvalue weighted by molar-refractivity contribution is -0.128. The molecule has 1 atom stereocenters. The van der Waals surface area contributed by atoms with Crippen molar-refractivity contribution in [3.8, 4) is 11.1 Å². The van der Waals surface area contributed by atoms with Crippen LogP contribution < -0.4 is 26.2 Å². The second-order valence-electron chi connectivity index (χ2n) is 12.4. The summed E-state index contributed by atoms with van der Waals surface area (Å²) >= 11 is 0.